The fourth-order valence-corrected chi connectivity index (χ4v) is 2.34. The van der Waals surface area contributed by atoms with Crippen LogP contribution >= 0.6 is 0 Å². The molecule has 0 atom stereocenters. The van der Waals surface area contributed by atoms with E-state index in [9.17, 15) is 4.79 Å². The third-order valence-electron chi connectivity index (χ3n) is 3.33. The van der Waals surface area contributed by atoms with E-state index in [1.807, 2.05) is 30.3 Å². The third-order valence-corrected chi connectivity index (χ3v) is 3.33. The predicted molar refractivity (Wildman–Crippen MR) is 81.1 cm³/mol. The maximum absolute atomic E-state index is 12.3. The van der Waals surface area contributed by atoms with Crippen molar-refractivity contribution in [3.63, 3.8) is 0 Å². The smallest absolute Gasteiger partial charge is 0.251 e. The standard InChI is InChI=1S/C16H15N3O2/c20-9-3-8-19-16(21)13-10-11-4-1-6-17-14(11)15-12(13)5-2-7-18-15/h1-2,4-7,10,20H,3,8-9H2,(H,19,21). The third kappa shape index (κ3) is 2.55. The summed E-state index contributed by atoms with van der Waals surface area (Å²) < 4.78 is 0. The number of nitrogens with zero attached hydrogens (tertiary/aromatic N) is 2. The van der Waals surface area contributed by atoms with E-state index in [0.29, 0.717) is 18.5 Å². The molecule has 1 amide bonds. The number of nitrogens with one attached hydrogen (secondary N) is 1. The first-order chi connectivity index (χ1) is 10.3. The molecule has 3 aromatic rings. The number of amides is 1. The van der Waals surface area contributed by atoms with E-state index in [4.69, 9.17) is 5.11 Å². The number of carbonyl (C=O) groups excluding carboxylic acids is 1. The molecule has 2 aromatic heterocycles. The minimum Gasteiger partial charge on any atom is -0.396 e. The minimum atomic E-state index is -0.160. The average molecular weight is 281 g/mol. The highest BCUT2D eigenvalue weighted by Gasteiger charge is 2.13. The van der Waals surface area contributed by atoms with E-state index in [0.717, 1.165) is 21.8 Å². The molecular formula is C16H15N3O2. The second-order valence-electron chi connectivity index (χ2n) is 4.73. The van der Waals surface area contributed by atoms with E-state index in [1.54, 1.807) is 12.4 Å². The van der Waals surface area contributed by atoms with Crippen molar-refractivity contribution in [2.45, 2.75) is 6.42 Å². The van der Waals surface area contributed by atoms with Crippen LogP contribution in [0.2, 0.25) is 0 Å². The van der Waals surface area contributed by atoms with Crippen LogP contribution in [0.4, 0.5) is 0 Å². The number of carbonyl (C=O) groups is 1. The number of aromatic nitrogens is 2. The SMILES string of the molecule is O=C(NCCCO)c1cc2cccnc2c2ncccc12. The molecule has 0 saturated carbocycles. The van der Waals surface area contributed by atoms with Crippen molar-refractivity contribution >= 4 is 27.7 Å². The van der Waals surface area contributed by atoms with Gasteiger partial charge in [-0.3, -0.25) is 14.8 Å². The zero-order valence-electron chi connectivity index (χ0n) is 11.4. The number of aliphatic hydroxyl groups excluding tert-OH is 1. The lowest BCUT2D eigenvalue weighted by atomic mass is 10.0. The summed E-state index contributed by atoms with van der Waals surface area (Å²) in [7, 11) is 0. The summed E-state index contributed by atoms with van der Waals surface area (Å²) in [6.45, 7) is 0.506. The number of pyridine rings is 2. The van der Waals surface area contributed by atoms with Gasteiger partial charge in [-0.2, -0.15) is 0 Å². The highest BCUT2D eigenvalue weighted by Crippen LogP contribution is 2.25. The molecule has 0 bridgehead atoms. The Bertz CT molecular complexity index is 802. The number of fused-ring (bicyclic) bond motifs is 3. The van der Waals surface area contributed by atoms with E-state index >= 15 is 0 Å². The van der Waals surface area contributed by atoms with Gasteiger partial charge in [0.15, 0.2) is 0 Å². The lowest BCUT2D eigenvalue weighted by Crippen LogP contribution is -2.25. The van der Waals surface area contributed by atoms with Gasteiger partial charge in [-0.05, 0) is 24.6 Å². The molecule has 2 N–H and O–H groups in total. The molecule has 0 saturated heterocycles. The largest absolute Gasteiger partial charge is 0.396 e. The highest BCUT2D eigenvalue weighted by atomic mass is 16.3. The summed E-state index contributed by atoms with van der Waals surface area (Å²) in [5, 5.41) is 13.3. The predicted octanol–water partition coefficient (Wildman–Crippen LogP) is 1.90. The van der Waals surface area contributed by atoms with Gasteiger partial charge in [-0.15, -0.1) is 0 Å². The van der Waals surface area contributed by atoms with Gasteiger partial charge in [-0.1, -0.05) is 12.1 Å². The fraction of sp³-hybridized carbons (Fsp3) is 0.188. The first-order valence-electron chi connectivity index (χ1n) is 6.83. The van der Waals surface area contributed by atoms with Crippen molar-refractivity contribution in [1.29, 1.82) is 0 Å². The maximum atomic E-state index is 12.3. The van der Waals surface area contributed by atoms with Gasteiger partial charge >= 0.3 is 0 Å². The van der Waals surface area contributed by atoms with E-state index in [1.165, 1.54) is 0 Å². The molecule has 5 nitrogen and oxygen atoms in total. The topological polar surface area (TPSA) is 75.1 Å². The van der Waals surface area contributed by atoms with Crippen molar-refractivity contribution in [2.24, 2.45) is 0 Å². The number of aliphatic hydroxyl groups is 1. The second-order valence-corrected chi connectivity index (χ2v) is 4.73. The molecule has 5 heteroatoms. The van der Waals surface area contributed by atoms with Crippen molar-refractivity contribution in [3.05, 3.63) is 48.3 Å². The van der Waals surface area contributed by atoms with Gasteiger partial charge in [0.25, 0.3) is 5.91 Å². The van der Waals surface area contributed by atoms with Crippen LogP contribution in [0.5, 0.6) is 0 Å². The van der Waals surface area contributed by atoms with Crippen LogP contribution in [-0.4, -0.2) is 34.1 Å². The summed E-state index contributed by atoms with van der Waals surface area (Å²) in [6, 6.07) is 9.27. The van der Waals surface area contributed by atoms with E-state index in [2.05, 4.69) is 15.3 Å². The highest BCUT2D eigenvalue weighted by molar-refractivity contribution is 6.14. The van der Waals surface area contributed by atoms with Crippen LogP contribution in [0.3, 0.4) is 0 Å². The fourth-order valence-electron chi connectivity index (χ4n) is 2.34. The van der Waals surface area contributed by atoms with Crippen LogP contribution in [0.25, 0.3) is 21.8 Å². The quantitative estimate of drug-likeness (QED) is 0.565. The molecule has 0 unspecified atom stereocenters. The molecule has 0 spiro atoms. The molecule has 2 heterocycles. The van der Waals surface area contributed by atoms with Gasteiger partial charge in [0.2, 0.25) is 0 Å². The Balaban J connectivity index is 2.14. The zero-order chi connectivity index (χ0) is 14.7. The van der Waals surface area contributed by atoms with Gasteiger partial charge in [0, 0.05) is 41.9 Å². The van der Waals surface area contributed by atoms with Crippen LogP contribution in [-0.2, 0) is 0 Å². The van der Waals surface area contributed by atoms with Crippen molar-refractivity contribution < 1.29 is 9.90 Å². The molecule has 0 aliphatic rings. The monoisotopic (exact) mass is 281 g/mol. The first kappa shape index (κ1) is 13.5. The Labute approximate surface area is 121 Å². The average Bonchev–Trinajstić information content (AvgIpc) is 2.54. The Hall–Kier alpha value is -2.53. The Morgan fingerprint density at radius 1 is 1.14 bits per heavy atom. The molecule has 0 fully saturated rings. The molecule has 0 radical (unpaired) electrons. The number of rotatable bonds is 4. The normalized spacial score (nSPS) is 10.9. The molecule has 0 aliphatic heterocycles. The van der Waals surface area contributed by atoms with E-state index < -0.39 is 0 Å². The summed E-state index contributed by atoms with van der Waals surface area (Å²) in [5.41, 5.74) is 2.10. The van der Waals surface area contributed by atoms with Gasteiger partial charge < -0.3 is 10.4 Å². The Morgan fingerprint density at radius 2 is 1.90 bits per heavy atom. The molecule has 1 aromatic carbocycles. The van der Waals surface area contributed by atoms with E-state index in [-0.39, 0.29) is 12.5 Å². The summed E-state index contributed by atoms with van der Waals surface area (Å²) >= 11 is 0. The molecular weight excluding hydrogens is 266 g/mol. The summed E-state index contributed by atoms with van der Waals surface area (Å²) in [6.07, 6.45) is 3.96. The lowest BCUT2D eigenvalue weighted by Gasteiger charge is -2.09. The number of hydrogen-bond donors (Lipinski definition) is 2. The van der Waals surface area contributed by atoms with Crippen molar-refractivity contribution in [1.82, 2.24) is 15.3 Å². The van der Waals surface area contributed by atoms with Crippen LogP contribution in [0, 0.1) is 0 Å². The van der Waals surface area contributed by atoms with Crippen LogP contribution in [0.1, 0.15) is 16.8 Å². The molecule has 0 aliphatic carbocycles. The minimum absolute atomic E-state index is 0.0597. The zero-order valence-corrected chi connectivity index (χ0v) is 11.4. The maximum Gasteiger partial charge on any atom is 0.251 e. The summed E-state index contributed by atoms with van der Waals surface area (Å²) in [4.78, 5) is 21.1. The second kappa shape index (κ2) is 5.85. The molecule has 3 rings (SSSR count). The van der Waals surface area contributed by atoms with Crippen LogP contribution < -0.4 is 5.32 Å². The summed E-state index contributed by atoms with van der Waals surface area (Å²) in [5.74, 6) is -0.160. The van der Waals surface area contributed by atoms with Gasteiger partial charge in [-0.25, -0.2) is 0 Å². The van der Waals surface area contributed by atoms with Crippen molar-refractivity contribution in [2.75, 3.05) is 13.2 Å². The lowest BCUT2D eigenvalue weighted by molar-refractivity contribution is 0.0953. The Morgan fingerprint density at radius 3 is 2.71 bits per heavy atom. The number of hydrogen-bond acceptors (Lipinski definition) is 4. The molecule has 21 heavy (non-hydrogen) atoms. The van der Waals surface area contributed by atoms with Gasteiger partial charge in [0.05, 0.1) is 11.0 Å². The molecule has 106 valence electrons. The Kier molecular flexibility index (Phi) is 3.75. The number of benzene rings is 1. The first-order valence-corrected chi connectivity index (χ1v) is 6.83. The van der Waals surface area contributed by atoms with Crippen molar-refractivity contribution in [3.8, 4) is 0 Å². The van der Waals surface area contributed by atoms with Gasteiger partial charge in [0.1, 0.15) is 0 Å². The van der Waals surface area contributed by atoms with Crippen LogP contribution in [0.15, 0.2) is 42.7 Å².